The van der Waals surface area contributed by atoms with Gasteiger partial charge in [-0.3, -0.25) is 4.79 Å². The lowest BCUT2D eigenvalue weighted by molar-refractivity contribution is -0.163. The van der Waals surface area contributed by atoms with Gasteiger partial charge >= 0.3 is 11.9 Å². The van der Waals surface area contributed by atoms with E-state index in [0.29, 0.717) is 29.7 Å². The Morgan fingerprint density at radius 2 is 1.79 bits per heavy atom. The lowest BCUT2D eigenvalue weighted by atomic mass is 10.0. The number of aliphatic hydroxyl groups is 1. The quantitative estimate of drug-likeness (QED) is 0.606. The molecule has 1 aliphatic rings. The average molecular weight is 337 g/mol. The molecule has 0 atom stereocenters. The number of Topliss-reactive ketones (excluding diaryl/α,β-unsaturated/α-hetero) is 1. The molecule has 0 unspecified atom stereocenters. The first-order valence-electron chi connectivity index (χ1n) is 8.09. The van der Waals surface area contributed by atoms with E-state index in [1.54, 1.807) is 20.8 Å². The third-order valence-electron chi connectivity index (χ3n) is 4.34. The highest BCUT2D eigenvalue weighted by molar-refractivity contribution is 6.03. The van der Waals surface area contributed by atoms with E-state index in [-0.39, 0.29) is 12.3 Å². The minimum Gasteiger partial charge on any atom is -0.461 e. The predicted octanol–water partition coefficient (Wildman–Crippen LogP) is 1.84. The van der Waals surface area contributed by atoms with Crippen LogP contribution in [0.4, 0.5) is 0 Å². The molecule has 7 nitrogen and oxygen atoms in total. The number of carbonyl (C=O) groups is 3. The summed E-state index contributed by atoms with van der Waals surface area (Å²) in [5, 5.41) is 10.1. The van der Waals surface area contributed by atoms with Crippen LogP contribution >= 0.6 is 0 Å². The minimum absolute atomic E-state index is 0.221. The molecular weight excluding hydrogens is 314 g/mol. The molecule has 0 amide bonds. The van der Waals surface area contributed by atoms with Crippen LogP contribution < -0.4 is 0 Å². The van der Waals surface area contributed by atoms with Crippen molar-refractivity contribution >= 4 is 17.7 Å². The maximum atomic E-state index is 12.4. The van der Waals surface area contributed by atoms with Gasteiger partial charge in [0.1, 0.15) is 5.69 Å². The summed E-state index contributed by atoms with van der Waals surface area (Å²) >= 11 is 0. The molecule has 0 bridgehead atoms. The van der Waals surface area contributed by atoms with Gasteiger partial charge in [-0.15, -0.1) is 0 Å². The number of aromatic nitrogens is 1. The fraction of sp³-hybridized carbons (Fsp3) is 0.588. The molecule has 2 N–H and O–H groups in total. The lowest BCUT2D eigenvalue weighted by Crippen LogP contribution is -2.38. The van der Waals surface area contributed by atoms with Crippen LogP contribution in [0.5, 0.6) is 0 Å². The second-order valence-electron chi connectivity index (χ2n) is 6.08. The van der Waals surface area contributed by atoms with Crippen LogP contribution in [0.1, 0.15) is 64.7 Å². The Morgan fingerprint density at radius 1 is 1.17 bits per heavy atom. The highest BCUT2D eigenvalue weighted by Crippen LogP contribution is 2.30. The molecule has 2 rings (SSSR count). The van der Waals surface area contributed by atoms with Gasteiger partial charge in [0.2, 0.25) is 5.78 Å². The number of aromatic amines is 1. The van der Waals surface area contributed by atoms with E-state index in [9.17, 15) is 19.5 Å². The zero-order chi connectivity index (χ0) is 17.9. The molecule has 1 aliphatic carbocycles. The summed E-state index contributed by atoms with van der Waals surface area (Å²) in [5.74, 6) is -1.72. The first kappa shape index (κ1) is 18.2. The number of aryl methyl sites for hydroxylation is 1. The summed E-state index contributed by atoms with van der Waals surface area (Å²) < 4.78 is 9.94. The summed E-state index contributed by atoms with van der Waals surface area (Å²) in [6.07, 6.45) is 2.24. The standard InChI is InChI=1S/C17H23NO6/c1-4-23-15(20)14-10(2)13(11(3)18-14)12(19)9-24-16(21)17(22)7-5-6-8-17/h18,22H,4-9H2,1-3H3. The smallest absolute Gasteiger partial charge is 0.355 e. The largest absolute Gasteiger partial charge is 0.461 e. The molecule has 1 saturated carbocycles. The second kappa shape index (κ2) is 7.17. The van der Waals surface area contributed by atoms with Crippen molar-refractivity contribution in [1.82, 2.24) is 4.98 Å². The monoisotopic (exact) mass is 337 g/mol. The Morgan fingerprint density at radius 3 is 2.38 bits per heavy atom. The number of rotatable bonds is 6. The number of H-pyrrole nitrogens is 1. The lowest BCUT2D eigenvalue weighted by Gasteiger charge is -2.19. The summed E-state index contributed by atoms with van der Waals surface area (Å²) in [6, 6.07) is 0. The fourth-order valence-corrected chi connectivity index (χ4v) is 3.08. The topological polar surface area (TPSA) is 106 Å². The number of esters is 2. The Hall–Kier alpha value is -2.15. The Bertz CT molecular complexity index is 654. The van der Waals surface area contributed by atoms with E-state index in [1.165, 1.54) is 0 Å². The summed E-state index contributed by atoms with van der Waals surface area (Å²) in [4.78, 5) is 39.0. The van der Waals surface area contributed by atoms with Crippen molar-refractivity contribution in [3.8, 4) is 0 Å². The average Bonchev–Trinajstić information content (AvgIpc) is 3.09. The van der Waals surface area contributed by atoms with Crippen molar-refractivity contribution in [1.29, 1.82) is 0 Å². The van der Waals surface area contributed by atoms with Crippen LogP contribution in [0.15, 0.2) is 0 Å². The molecule has 24 heavy (non-hydrogen) atoms. The van der Waals surface area contributed by atoms with Crippen LogP contribution in [-0.2, 0) is 14.3 Å². The summed E-state index contributed by atoms with van der Waals surface area (Å²) in [7, 11) is 0. The van der Waals surface area contributed by atoms with Crippen molar-refractivity contribution in [2.24, 2.45) is 0 Å². The number of ketones is 1. The van der Waals surface area contributed by atoms with Crippen molar-refractivity contribution in [3.63, 3.8) is 0 Å². The van der Waals surface area contributed by atoms with Gasteiger partial charge in [0.15, 0.2) is 12.2 Å². The molecule has 1 aromatic rings. The molecule has 0 radical (unpaired) electrons. The Balaban J connectivity index is 2.07. The summed E-state index contributed by atoms with van der Waals surface area (Å²) in [6.45, 7) is 4.76. The number of hydrogen-bond acceptors (Lipinski definition) is 6. The molecule has 0 aliphatic heterocycles. The van der Waals surface area contributed by atoms with E-state index in [2.05, 4.69) is 4.98 Å². The van der Waals surface area contributed by atoms with Gasteiger partial charge < -0.3 is 19.6 Å². The van der Waals surface area contributed by atoms with Gasteiger partial charge in [-0.25, -0.2) is 9.59 Å². The van der Waals surface area contributed by atoms with E-state index < -0.39 is 29.9 Å². The van der Waals surface area contributed by atoms with E-state index in [1.807, 2.05) is 0 Å². The molecule has 0 spiro atoms. The number of ether oxygens (including phenoxy) is 2. The van der Waals surface area contributed by atoms with Crippen LogP contribution in [-0.4, -0.2) is 46.6 Å². The minimum atomic E-state index is -1.47. The number of nitrogens with one attached hydrogen (secondary N) is 1. The van der Waals surface area contributed by atoms with Crippen LogP contribution in [0.25, 0.3) is 0 Å². The van der Waals surface area contributed by atoms with Crippen molar-refractivity contribution in [3.05, 3.63) is 22.5 Å². The van der Waals surface area contributed by atoms with Gasteiger partial charge in [-0.05, 0) is 52.0 Å². The van der Waals surface area contributed by atoms with E-state index in [0.717, 1.165) is 12.8 Å². The molecule has 132 valence electrons. The SMILES string of the molecule is CCOC(=O)c1[nH]c(C)c(C(=O)COC(=O)C2(O)CCCC2)c1C. The predicted molar refractivity (Wildman–Crippen MR) is 84.9 cm³/mol. The van der Waals surface area contributed by atoms with Crippen molar-refractivity contribution in [2.75, 3.05) is 13.2 Å². The first-order valence-corrected chi connectivity index (χ1v) is 8.09. The second-order valence-corrected chi connectivity index (χ2v) is 6.08. The molecular formula is C17H23NO6. The number of hydrogen-bond donors (Lipinski definition) is 2. The molecule has 0 saturated heterocycles. The van der Waals surface area contributed by atoms with E-state index >= 15 is 0 Å². The van der Waals surface area contributed by atoms with Crippen molar-refractivity contribution in [2.45, 2.75) is 52.1 Å². The molecule has 1 aromatic heterocycles. The normalized spacial score (nSPS) is 16.0. The maximum Gasteiger partial charge on any atom is 0.355 e. The zero-order valence-corrected chi connectivity index (χ0v) is 14.2. The number of carbonyl (C=O) groups excluding carboxylic acids is 3. The fourth-order valence-electron chi connectivity index (χ4n) is 3.08. The van der Waals surface area contributed by atoms with Gasteiger partial charge in [0.05, 0.1) is 6.61 Å². The highest BCUT2D eigenvalue weighted by atomic mass is 16.6. The molecule has 1 fully saturated rings. The maximum absolute atomic E-state index is 12.4. The zero-order valence-electron chi connectivity index (χ0n) is 14.2. The van der Waals surface area contributed by atoms with Crippen LogP contribution in [0.2, 0.25) is 0 Å². The highest BCUT2D eigenvalue weighted by Gasteiger charge is 2.40. The van der Waals surface area contributed by atoms with Gasteiger partial charge in [-0.2, -0.15) is 0 Å². The van der Waals surface area contributed by atoms with Gasteiger partial charge in [0, 0.05) is 11.3 Å². The summed E-state index contributed by atoms with van der Waals surface area (Å²) in [5.41, 5.74) is 0.0315. The Kier molecular flexibility index (Phi) is 5.43. The third-order valence-corrected chi connectivity index (χ3v) is 4.34. The Labute approximate surface area is 140 Å². The molecule has 7 heteroatoms. The van der Waals surface area contributed by atoms with Gasteiger partial charge in [-0.1, -0.05) is 0 Å². The first-order chi connectivity index (χ1) is 11.3. The van der Waals surface area contributed by atoms with Crippen LogP contribution in [0, 0.1) is 13.8 Å². The van der Waals surface area contributed by atoms with E-state index in [4.69, 9.17) is 9.47 Å². The third kappa shape index (κ3) is 3.51. The van der Waals surface area contributed by atoms with Crippen LogP contribution in [0.3, 0.4) is 0 Å². The molecule has 1 heterocycles. The molecule has 0 aromatic carbocycles. The van der Waals surface area contributed by atoms with Crippen molar-refractivity contribution < 1.29 is 29.0 Å². The van der Waals surface area contributed by atoms with Gasteiger partial charge in [0.25, 0.3) is 0 Å².